The highest BCUT2D eigenvalue weighted by Gasteiger charge is 2.55. The van der Waals surface area contributed by atoms with Crippen molar-refractivity contribution in [2.75, 3.05) is 41.4 Å². The van der Waals surface area contributed by atoms with Gasteiger partial charge in [0.25, 0.3) is 0 Å². The number of pyridine rings is 1. The third-order valence-corrected chi connectivity index (χ3v) is 17.1. The molecule has 0 saturated carbocycles. The summed E-state index contributed by atoms with van der Waals surface area (Å²) in [6.45, 7) is 19.8. The van der Waals surface area contributed by atoms with E-state index in [9.17, 15) is 30.3 Å². The zero-order valence-electron chi connectivity index (χ0n) is 47.3. The Morgan fingerprint density at radius 2 is 1.59 bits per heavy atom. The molecule has 1 aromatic carbocycles. The molecule has 3 fully saturated rings. The smallest absolute Gasteiger partial charge is 0.309 e. The molecule has 3 aliphatic rings. The van der Waals surface area contributed by atoms with Crippen LogP contribution in [0.15, 0.2) is 48.8 Å². The first-order valence-electron chi connectivity index (χ1n) is 27.4. The average molecular weight is 1050 g/mol. The number of carbonyl (C=O) groups is 1. The van der Waals surface area contributed by atoms with Gasteiger partial charge >= 0.3 is 5.97 Å². The second-order valence-corrected chi connectivity index (χ2v) is 23.2. The summed E-state index contributed by atoms with van der Waals surface area (Å²) in [7, 11) is 6.98. The fourth-order valence-electron chi connectivity index (χ4n) is 12.4. The van der Waals surface area contributed by atoms with Gasteiger partial charge in [0.15, 0.2) is 6.29 Å². The van der Waals surface area contributed by atoms with Gasteiger partial charge in [0.05, 0.1) is 54.3 Å². The van der Waals surface area contributed by atoms with Crippen molar-refractivity contribution in [1.82, 2.24) is 29.8 Å². The number of unbranched alkanes of at least 4 members (excludes halogenated alkanes) is 1. The summed E-state index contributed by atoms with van der Waals surface area (Å²) in [5, 5.41) is 69.1. The summed E-state index contributed by atoms with van der Waals surface area (Å²) < 4.78 is 39.4. The van der Waals surface area contributed by atoms with Gasteiger partial charge < -0.3 is 63.8 Å². The Hall–Kier alpha value is -3.66. The highest BCUT2D eigenvalue weighted by Crippen LogP contribution is 2.45. The van der Waals surface area contributed by atoms with Crippen molar-refractivity contribution >= 4 is 5.97 Å². The highest BCUT2D eigenvalue weighted by atomic mass is 16.7. The number of aryl methyl sites for hydroxylation is 2. The van der Waals surface area contributed by atoms with E-state index in [-0.39, 0.29) is 37.3 Å². The minimum atomic E-state index is -1.81. The fourth-order valence-corrected chi connectivity index (χ4v) is 12.4. The Balaban J connectivity index is 1.17. The number of cyclic esters (lactones) is 1. The Morgan fingerprint density at radius 1 is 0.893 bits per heavy atom. The third-order valence-electron chi connectivity index (χ3n) is 17.1. The summed E-state index contributed by atoms with van der Waals surface area (Å²) in [6, 6.07) is 11.5. The number of ether oxygens (including phenoxy) is 6. The molecule has 18 heteroatoms. The normalized spacial score (nSPS) is 37.9. The molecule has 5 N–H and O–H groups in total. The Morgan fingerprint density at radius 3 is 2.23 bits per heavy atom. The second kappa shape index (κ2) is 25.9. The number of aromatic nitrogens is 4. The summed E-state index contributed by atoms with van der Waals surface area (Å²) in [5.41, 5.74) is -0.164. The molecule has 0 amide bonds. The van der Waals surface area contributed by atoms with Crippen molar-refractivity contribution in [3.63, 3.8) is 0 Å². The van der Waals surface area contributed by atoms with Gasteiger partial charge in [-0.05, 0) is 123 Å². The maximum atomic E-state index is 14.6. The summed E-state index contributed by atoms with van der Waals surface area (Å²) in [6.07, 6.45) is 0.105. The Labute approximate surface area is 446 Å². The van der Waals surface area contributed by atoms with Gasteiger partial charge in [-0.1, -0.05) is 57.2 Å². The molecule has 5 heterocycles. The highest BCUT2D eigenvalue weighted by molar-refractivity contribution is 5.73. The van der Waals surface area contributed by atoms with E-state index in [4.69, 9.17) is 28.4 Å². The number of rotatable bonds is 16. The number of esters is 1. The molecule has 0 radical (unpaired) electrons. The number of hydrogen-bond donors (Lipinski definition) is 5. The van der Waals surface area contributed by atoms with Crippen LogP contribution >= 0.6 is 0 Å². The monoisotopic (exact) mass is 1050 g/mol. The molecule has 6 rings (SSSR count). The van der Waals surface area contributed by atoms with E-state index < -0.39 is 95.6 Å². The molecule has 0 bridgehead atoms. The SMILES string of the molecule is CC[C@H]1OC(=O)[C@H](C)[C@@H](C2C[C@@](C)(OC)[C@@H](O)[C@H](C)O2)[C@H](C)[C@@H](O[C@@H]2O[C@H](C)C[C@H](N(C)CCc3cn(CCCCc4ccc(-c5ccc(OC)nc5)cc4)nn3)[C@H]2O)[C@](C)(O)C[C@@H](C)CN(C)[C@H](C)[C@@H](O)[C@]1(C)O. The van der Waals surface area contributed by atoms with Crippen LogP contribution in [0.4, 0.5) is 0 Å². The molecule has 18 atom stereocenters. The summed E-state index contributed by atoms with van der Waals surface area (Å²) in [4.78, 5) is 23.0. The van der Waals surface area contributed by atoms with Gasteiger partial charge in [-0.15, -0.1) is 5.10 Å². The first kappa shape index (κ1) is 60.6. The molecule has 3 aliphatic heterocycles. The van der Waals surface area contributed by atoms with Gasteiger partial charge in [-0.3, -0.25) is 9.48 Å². The van der Waals surface area contributed by atoms with Crippen molar-refractivity contribution in [3.8, 4) is 17.0 Å². The molecule has 18 nitrogen and oxygen atoms in total. The van der Waals surface area contributed by atoms with Crippen LogP contribution in [0.3, 0.4) is 0 Å². The van der Waals surface area contributed by atoms with Crippen LogP contribution in [0.5, 0.6) is 5.88 Å². The van der Waals surface area contributed by atoms with E-state index in [1.807, 2.05) is 82.8 Å². The summed E-state index contributed by atoms with van der Waals surface area (Å²) >= 11 is 0. The van der Waals surface area contributed by atoms with Gasteiger partial charge in [-0.2, -0.15) is 0 Å². The molecule has 422 valence electrons. The average Bonchev–Trinajstić information content (AvgIpc) is 3.84. The molecular weight excluding hydrogens is 961 g/mol. The van der Waals surface area contributed by atoms with Gasteiger partial charge in [0, 0.05) is 81.6 Å². The van der Waals surface area contributed by atoms with Crippen molar-refractivity contribution in [3.05, 3.63) is 60.0 Å². The lowest BCUT2D eigenvalue weighted by Gasteiger charge is -2.51. The molecule has 75 heavy (non-hydrogen) atoms. The van der Waals surface area contributed by atoms with Crippen molar-refractivity contribution in [1.29, 1.82) is 0 Å². The van der Waals surface area contributed by atoms with E-state index in [2.05, 4.69) is 44.5 Å². The van der Waals surface area contributed by atoms with Crippen LogP contribution in [0.1, 0.15) is 119 Å². The predicted octanol–water partition coefficient (Wildman–Crippen LogP) is 5.47. The molecule has 0 aliphatic carbocycles. The van der Waals surface area contributed by atoms with E-state index in [1.54, 1.807) is 41.9 Å². The fraction of sp³-hybridized carbons (Fsp3) is 0.754. The molecule has 1 unspecified atom stereocenters. The number of methoxy groups -OCH3 is 2. The number of carbonyl (C=O) groups excluding carboxylic acids is 1. The number of hydrogen-bond acceptors (Lipinski definition) is 17. The first-order chi connectivity index (χ1) is 35.3. The van der Waals surface area contributed by atoms with E-state index >= 15 is 0 Å². The molecular formula is C57H92N6O12. The topological polar surface area (TPSA) is 224 Å². The van der Waals surface area contributed by atoms with Gasteiger partial charge in [0.1, 0.15) is 30.0 Å². The maximum Gasteiger partial charge on any atom is 0.309 e. The van der Waals surface area contributed by atoms with Crippen molar-refractivity contribution in [2.24, 2.45) is 23.7 Å². The lowest BCUT2D eigenvalue weighted by atomic mass is 9.68. The second-order valence-electron chi connectivity index (χ2n) is 23.2. The van der Waals surface area contributed by atoms with Gasteiger partial charge in [-0.25, -0.2) is 4.98 Å². The molecule has 3 saturated heterocycles. The van der Waals surface area contributed by atoms with E-state index in [0.29, 0.717) is 31.8 Å². The van der Waals surface area contributed by atoms with Crippen molar-refractivity contribution in [2.45, 2.75) is 211 Å². The third kappa shape index (κ3) is 14.5. The zero-order chi connectivity index (χ0) is 55.2. The number of benzene rings is 1. The van der Waals surface area contributed by atoms with Crippen LogP contribution in [-0.4, -0.2) is 187 Å². The number of nitrogens with zero attached hydrogens (tertiary/aromatic N) is 6. The quantitative estimate of drug-likeness (QED) is 0.0886. The van der Waals surface area contributed by atoms with Crippen LogP contribution < -0.4 is 4.74 Å². The number of likely N-dealkylation sites (N-methyl/N-ethyl adjacent to an activating group) is 2. The lowest BCUT2D eigenvalue weighted by molar-refractivity contribution is -0.302. The first-order valence-corrected chi connectivity index (χ1v) is 27.4. The zero-order valence-corrected chi connectivity index (χ0v) is 47.3. The number of aliphatic hydroxyl groups excluding tert-OH is 3. The van der Waals surface area contributed by atoms with Crippen LogP contribution in [0, 0.1) is 23.7 Å². The lowest BCUT2D eigenvalue weighted by Crippen LogP contribution is -2.62. The van der Waals surface area contributed by atoms with Crippen molar-refractivity contribution < 1.29 is 58.7 Å². The van der Waals surface area contributed by atoms with Crippen LogP contribution in [0.2, 0.25) is 0 Å². The predicted molar refractivity (Wildman–Crippen MR) is 285 cm³/mol. The maximum absolute atomic E-state index is 14.6. The minimum Gasteiger partial charge on any atom is -0.481 e. The standard InChI is InChI=1S/C57H92N6O12/c1-15-46-57(10,69)50(65)38(6)62(12)32-34(2)29-55(8,68)52(36(4)48(37(5)53(67)74-46)45-30-56(9,71-14)51(66)39(7)73-45)75-54-49(64)44(28-35(3)72-54)61(11)27-25-43-33-63(60-59-43)26-17-16-18-40-19-21-41(22-20-40)42-23-24-47(70-13)58-31-42/h19-24,31,33-39,44-46,48-52,54,64-66,68-69H,15-18,25-30,32H2,1-14H3/t34-,35-,36+,37-,38-,39+,44+,45?,46-,48+,49-,50-,51+,52-,54+,55-,56-,57-/m1/s1. The summed E-state index contributed by atoms with van der Waals surface area (Å²) in [5.74, 6) is -2.50. The van der Waals surface area contributed by atoms with Crippen LogP contribution in [0.25, 0.3) is 11.1 Å². The van der Waals surface area contributed by atoms with E-state index in [1.165, 1.54) is 12.5 Å². The molecule has 2 aromatic heterocycles. The Kier molecular flexibility index (Phi) is 20.9. The van der Waals surface area contributed by atoms with Gasteiger partial charge in [0.2, 0.25) is 5.88 Å². The molecule has 0 spiro atoms. The Bertz CT molecular complexity index is 2230. The number of aliphatic hydroxyl groups is 5. The minimum absolute atomic E-state index is 0.164. The largest absolute Gasteiger partial charge is 0.481 e. The van der Waals surface area contributed by atoms with E-state index in [0.717, 1.165) is 42.6 Å². The van der Waals surface area contributed by atoms with Crippen LogP contribution in [-0.2, 0) is 47.9 Å². The molecule has 3 aromatic rings.